The Labute approximate surface area is 114 Å². The molecule has 0 spiro atoms. The van der Waals surface area contributed by atoms with Crippen LogP contribution in [0.5, 0.6) is 5.75 Å². The number of hydrogen-bond donors (Lipinski definition) is 0. The third-order valence-electron chi connectivity index (χ3n) is 2.39. The first-order valence-electron chi connectivity index (χ1n) is 5.49. The zero-order valence-corrected chi connectivity index (χ0v) is 11.6. The van der Waals surface area contributed by atoms with Crippen molar-refractivity contribution in [2.24, 2.45) is 0 Å². The second-order valence-corrected chi connectivity index (χ2v) is 4.99. The number of carbonyl (C=O) groups is 1. The van der Waals surface area contributed by atoms with Crippen molar-refractivity contribution in [3.63, 3.8) is 0 Å². The number of aryl methyl sites for hydroxylation is 1. The van der Waals surface area contributed by atoms with E-state index in [1.165, 1.54) is 17.5 Å². The molecule has 0 aromatic carbocycles. The lowest BCUT2D eigenvalue weighted by Crippen LogP contribution is -2.01. The summed E-state index contributed by atoms with van der Waals surface area (Å²) >= 11 is 7.44. The van der Waals surface area contributed by atoms with Crippen molar-refractivity contribution in [2.45, 2.75) is 13.8 Å². The van der Waals surface area contributed by atoms with Gasteiger partial charge in [-0.3, -0.25) is 9.78 Å². The molecular weight excluding hydrogens is 270 g/mol. The SMILES string of the molecule is CCOc1cncc(C(=O)c2scc(C)c2Cl)c1. The van der Waals surface area contributed by atoms with Crippen LogP contribution in [0.4, 0.5) is 0 Å². The Bertz CT molecular complexity index is 580. The summed E-state index contributed by atoms with van der Waals surface area (Å²) in [7, 11) is 0. The first-order valence-corrected chi connectivity index (χ1v) is 6.75. The highest BCUT2D eigenvalue weighted by Gasteiger charge is 2.17. The molecule has 0 atom stereocenters. The monoisotopic (exact) mass is 281 g/mol. The topological polar surface area (TPSA) is 39.2 Å². The van der Waals surface area contributed by atoms with Gasteiger partial charge in [-0.25, -0.2) is 0 Å². The molecule has 5 heteroatoms. The van der Waals surface area contributed by atoms with Crippen molar-refractivity contribution in [3.05, 3.63) is 44.9 Å². The molecule has 0 amide bonds. The van der Waals surface area contributed by atoms with Gasteiger partial charge in [0.1, 0.15) is 5.75 Å². The van der Waals surface area contributed by atoms with Gasteiger partial charge in [-0.15, -0.1) is 11.3 Å². The van der Waals surface area contributed by atoms with E-state index in [1.54, 1.807) is 12.3 Å². The van der Waals surface area contributed by atoms with E-state index >= 15 is 0 Å². The summed E-state index contributed by atoms with van der Waals surface area (Å²) in [5, 5.41) is 2.39. The Morgan fingerprint density at radius 2 is 2.28 bits per heavy atom. The lowest BCUT2D eigenvalue weighted by Gasteiger charge is -2.04. The smallest absolute Gasteiger partial charge is 0.206 e. The molecule has 0 fully saturated rings. The number of aromatic nitrogens is 1. The lowest BCUT2D eigenvalue weighted by atomic mass is 10.1. The molecule has 2 aromatic rings. The number of hydrogen-bond acceptors (Lipinski definition) is 4. The Morgan fingerprint density at radius 1 is 1.50 bits per heavy atom. The standard InChI is InChI=1S/C13H12ClNO2S/c1-3-17-10-4-9(5-15-6-10)12(16)13-11(14)8(2)7-18-13/h4-7H,3H2,1-2H3. The molecule has 0 radical (unpaired) electrons. The summed E-state index contributed by atoms with van der Waals surface area (Å²) in [4.78, 5) is 16.8. The lowest BCUT2D eigenvalue weighted by molar-refractivity contribution is 0.104. The maximum absolute atomic E-state index is 12.3. The fourth-order valence-corrected chi connectivity index (χ4v) is 2.74. The highest BCUT2D eigenvalue weighted by atomic mass is 35.5. The van der Waals surface area contributed by atoms with Crippen molar-refractivity contribution in [2.75, 3.05) is 6.61 Å². The minimum absolute atomic E-state index is 0.118. The van der Waals surface area contributed by atoms with E-state index in [2.05, 4.69) is 4.98 Å². The predicted octanol–water partition coefficient (Wildman–Crippen LogP) is 3.73. The summed E-state index contributed by atoms with van der Waals surface area (Å²) < 4.78 is 5.32. The van der Waals surface area contributed by atoms with Gasteiger partial charge in [0.2, 0.25) is 5.78 Å². The van der Waals surface area contributed by atoms with Crippen LogP contribution < -0.4 is 4.74 Å². The van der Waals surface area contributed by atoms with Crippen LogP contribution in [0.25, 0.3) is 0 Å². The van der Waals surface area contributed by atoms with Crippen LogP contribution in [-0.2, 0) is 0 Å². The van der Waals surface area contributed by atoms with Gasteiger partial charge in [0, 0.05) is 11.8 Å². The molecule has 0 bridgehead atoms. The van der Waals surface area contributed by atoms with Gasteiger partial charge in [-0.2, -0.15) is 0 Å². The summed E-state index contributed by atoms with van der Waals surface area (Å²) in [5.41, 5.74) is 1.41. The molecular formula is C13H12ClNO2S. The van der Waals surface area contributed by atoms with Crippen LogP contribution in [0.1, 0.15) is 27.7 Å². The minimum atomic E-state index is -0.118. The zero-order valence-electron chi connectivity index (χ0n) is 10.1. The van der Waals surface area contributed by atoms with Crippen LogP contribution in [0.15, 0.2) is 23.8 Å². The Morgan fingerprint density at radius 3 is 2.89 bits per heavy atom. The average molecular weight is 282 g/mol. The van der Waals surface area contributed by atoms with E-state index in [0.717, 1.165) is 5.56 Å². The van der Waals surface area contributed by atoms with Gasteiger partial charge in [0.15, 0.2) is 0 Å². The Balaban J connectivity index is 2.34. The maximum Gasteiger partial charge on any atom is 0.206 e. The van der Waals surface area contributed by atoms with Crippen LogP contribution in [0, 0.1) is 6.92 Å². The number of ketones is 1. The number of carbonyl (C=O) groups excluding carboxylic acids is 1. The Kier molecular flexibility index (Phi) is 3.99. The van der Waals surface area contributed by atoms with Crippen LogP contribution in [0.2, 0.25) is 5.02 Å². The fraction of sp³-hybridized carbons (Fsp3) is 0.231. The van der Waals surface area contributed by atoms with Gasteiger partial charge in [0.25, 0.3) is 0 Å². The quantitative estimate of drug-likeness (QED) is 0.802. The minimum Gasteiger partial charge on any atom is -0.492 e. The molecule has 94 valence electrons. The molecule has 0 saturated carbocycles. The molecule has 0 aliphatic carbocycles. The molecule has 3 nitrogen and oxygen atoms in total. The molecule has 18 heavy (non-hydrogen) atoms. The molecule has 0 unspecified atom stereocenters. The molecule has 0 N–H and O–H groups in total. The molecule has 2 aromatic heterocycles. The van der Waals surface area contributed by atoms with Crippen molar-refractivity contribution < 1.29 is 9.53 Å². The van der Waals surface area contributed by atoms with Gasteiger partial charge in [-0.1, -0.05) is 11.6 Å². The number of rotatable bonds is 4. The Hall–Kier alpha value is -1.39. The first-order chi connectivity index (χ1) is 8.63. The number of pyridine rings is 1. The predicted molar refractivity (Wildman–Crippen MR) is 72.9 cm³/mol. The summed E-state index contributed by atoms with van der Waals surface area (Å²) in [6, 6.07) is 1.68. The van der Waals surface area contributed by atoms with E-state index in [9.17, 15) is 4.79 Å². The van der Waals surface area contributed by atoms with Gasteiger partial charge in [0.05, 0.1) is 22.7 Å². The van der Waals surface area contributed by atoms with Crippen molar-refractivity contribution >= 4 is 28.7 Å². The molecule has 2 rings (SSSR count). The average Bonchev–Trinajstić information content (AvgIpc) is 2.70. The van der Waals surface area contributed by atoms with Gasteiger partial charge >= 0.3 is 0 Å². The molecule has 0 aliphatic heterocycles. The van der Waals surface area contributed by atoms with Gasteiger partial charge in [-0.05, 0) is 30.9 Å². The number of halogens is 1. The number of nitrogens with zero attached hydrogens (tertiary/aromatic N) is 1. The van der Waals surface area contributed by atoms with Crippen LogP contribution >= 0.6 is 22.9 Å². The van der Waals surface area contributed by atoms with E-state index in [-0.39, 0.29) is 5.78 Å². The summed E-state index contributed by atoms with van der Waals surface area (Å²) in [5.74, 6) is 0.472. The van der Waals surface area contributed by atoms with Gasteiger partial charge < -0.3 is 4.74 Å². The molecule has 0 saturated heterocycles. The second kappa shape index (κ2) is 5.50. The summed E-state index contributed by atoms with van der Waals surface area (Å²) in [6.45, 7) is 4.30. The summed E-state index contributed by atoms with van der Waals surface area (Å²) in [6.07, 6.45) is 3.11. The molecule has 0 aliphatic rings. The first kappa shape index (κ1) is 13.1. The highest BCUT2D eigenvalue weighted by molar-refractivity contribution is 7.13. The fourth-order valence-electron chi connectivity index (χ4n) is 1.50. The van der Waals surface area contributed by atoms with Crippen LogP contribution in [-0.4, -0.2) is 17.4 Å². The third-order valence-corrected chi connectivity index (χ3v) is 4.09. The van der Waals surface area contributed by atoms with E-state index in [1.807, 2.05) is 19.2 Å². The van der Waals surface area contributed by atoms with E-state index < -0.39 is 0 Å². The van der Waals surface area contributed by atoms with Crippen molar-refractivity contribution in [1.82, 2.24) is 4.98 Å². The number of thiophene rings is 1. The van der Waals surface area contributed by atoms with E-state index in [0.29, 0.717) is 27.8 Å². The second-order valence-electron chi connectivity index (χ2n) is 3.73. The highest BCUT2D eigenvalue weighted by Crippen LogP contribution is 2.29. The normalized spacial score (nSPS) is 10.4. The van der Waals surface area contributed by atoms with Crippen molar-refractivity contribution in [1.29, 1.82) is 0 Å². The number of ether oxygens (including phenoxy) is 1. The largest absolute Gasteiger partial charge is 0.492 e. The zero-order chi connectivity index (χ0) is 13.1. The van der Waals surface area contributed by atoms with E-state index in [4.69, 9.17) is 16.3 Å². The van der Waals surface area contributed by atoms with Crippen LogP contribution in [0.3, 0.4) is 0 Å². The van der Waals surface area contributed by atoms with Crippen molar-refractivity contribution in [3.8, 4) is 5.75 Å². The maximum atomic E-state index is 12.3. The third kappa shape index (κ3) is 2.54. The molecule has 2 heterocycles.